The lowest BCUT2D eigenvalue weighted by Gasteiger charge is -2.27. The zero-order valence-electron chi connectivity index (χ0n) is 9.39. The predicted octanol–water partition coefficient (Wildman–Crippen LogP) is 3.02. The van der Waals surface area contributed by atoms with Gasteiger partial charge in [-0.05, 0) is 12.8 Å². The molecule has 0 N–H and O–H groups in total. The SMILES string of the molecule is CCOC(=O)C(C(C)C)C(C)C(F)(F)F. The Bertz CT molecular complexity index is 211. The van der Waals surface area contributed by atoms with Crippen molar-refractivity contribution in [3.63, 3.8) is 0 Å². The van der Waals surface area contributed by atoms with Crippen molar-refractivity contribution in [1.29, 1.82) is 0 Å². The van der Waals surface area contributed by atoms with Gasteiger partial charge in [-0.2, -0.15) is 13.2 Å². The smallest absolute Gasteiger partial charge is 0.392 e. The minimum atomic E-state index is -4.36. The highest BCUT2D eigenvalue weighted by Crippen LogP contribution is 2.35. The number of rotatable bonds is 4. The maximum Gasteiger partial charge on any atom is 0.392 e. The summed E-state index contributed by atoms with van der Waals surface area (Å²) in [4.78, 5) is 11.4. The molecule has 0 aliphatic rings. The molecule has 0 rings (SSSR count). The molecule has 0 fully saturated rings. The summed E-state index contributed by atoms with van der Waals surface area (Å²) in [7, 11) is 0. The highest BCUT2D eigenvalue weighted by molar-refractivity contribution is 5.73. The quantitative estimate of drug-likeness (QED) is 0.689. The molecular weight excluding hydrogens is 209 g/mol. The molecule has 0 aromatic heterocycles. The van der Waals surface area contributed by atoms with E-state index in [1.54, 1.807) is 20.8 Å². The zero-order valence-corrected chi connectivity index (χ0v) is 9.39. The van der Waals surface area contributed by atoms with Crippen molar-refractivity contribution in [2.45, 2.75) is 33.9 Å². The largest absolute Gasteiger partial charge is 0.466 e. The zero-order chi connectivity index (χ0) is 12.2. The number of esters is 1. The van der Waals surface area contributed by atoms with Crippen LogP contribution in [0.5, 0.6) is 0 Å². The fourth-order valence-electron chi connectivity index (χ4n) is 1.50. The molecular formula is C10H17F3O2. The van der Waals surface area contributed by atoms with Crippen molar-refractivity contribution < 1.29 is 22.7 Å². The van der Waals surface area contributed by atoms with Gasteiger partial charge in [-0.15, -0.1) is 0 Å². The molecule has 0 aliphatic heterocycles. The van der Waals surface area contributed by atoms with Crippen molar-refractivity contribution in [3.05, 3.63) is 0 Å². The molecule has 0 aromatic carbocycles. The first-order valence-corrected chi connectivity index (χ1v) is 4.95. The minimum absolute atomic E-state index is 0.104. The number of halogens is 3. The van der Waals surface area contributed by atoms with Crippen molar-refractivity contribution in [3.8, 4) is 0 Å². The molecule has 0 saturated carbocycles. The van der Waals surface area contributed by atoms with Gasteiger partial charge in [0.25, 0.3) is 0 Å². The number of hydrogen-bond acceptors (Lipinski definition) is 2. The van der Waals surface area contributed by atoms with Crippen LogP contribution in [0.25, 0.3) is 0 Å². The van der Waals surface area contributed by atoms with Crippen molar-refractivity contribution >= 4 is 5.97 Å². The summed E-state index contributed by atoms with van der Waals surface area (Å²) < 4.78 is 42.0. The van der Waals surface area contributed by atoms with Crippen molar-refractivity contribution in [2.75, 3.05) is 6.61 Å². The summed E-state index contributed by atoms with van der Waals surface area (Å²) >= 11 is 0. The number of carbonyl (C=O) groups excluding carboxylic acids is 1. The first-order valence-electron chi connectivity index (χ1n) is 4.95. The Morgan fingerprint density at radius 1 is 1.27 bits per heavy atom. The third-order valence-electron chi connectivity index (χ3n) is 2.33. The topological polar surface area (TPSA) is 26.3 Å². The second-order valence-corrected chi connectivity index (χ2v) is 3.85. The van der Waals surface area contributed by atoms with Crippen LogP contribution in [0.15, 0.2) is 0 Å². The normalized spacial score (nSPS) is 16.3. The average Bonchev–Trinajstić information content (AvgIpc) is 2.02. The van der Waals surface area contributed by atoms with E-state index in [-0.39, 0.29) is 12.5 Å². The van der Waals surface area contributed by atoms with Gasteiger partial charge in [0.15, 0.2) is 0 Å². The molecule has 0 aromatic rings. The molecule has 0 spiro atoms. The fourth-order valence-corrected chi connectivity index (χ4v) is 1.50. The third kappa shape index (κ3) is 4.10. The Morgan fingerprint density at radius 3 is 2.00 bits per heavy atom. The fraction of sp³-hybridized carbons (Fsp3) is 0.900. The summed E-state index contributed by atoms with van der Waals surface area (Å²) in [5.74, 6) is -3.94. The average molecular weight is 226 g/mol. The molecule has 90 valence electrons. The van der Waals surface area contributed by atoms with E-state index in [9.17, 15) is 18.0 Å². The Labute approximate surface area is 87.8 Å². The van der Waals surface area contributed by atoms with Crippen molar-refractivity contribution in [2.24, 2.45) is 17.8 Å². The number of ether oxygens (including phenoxy) is 1. The second-order valence-electron chi connectivity index (χ2n) is 3.85. The molecule has 0 radical (unpaired) electrons. The first-order chi connectivity index (χ1) is 6.71. The van der Waals surface area contributed by atoms with E-state index in [0.717, 1.165) is 6.92 Å². The van der Waals surface area contributed by atoms with Crippen LogP contribution >= 0.6 is 0 Å². The van der Waals surface area contributed by atoms with Crippen LogP contribution in [0, 0.1) is 17.8 Å². The van der Waals surface area contributed by atoms with E-state index in [2.05, 4.69) is 4.74 Å². The van der Waals surface area contributed by atoms with E-state index in [0.29, 0.717) is 0 Å². The Morgan fingerprint density at radius 2 is 1.73 bits per heavy atom. The van der Waals surface area contributed by atoms with Crippen LogP contribution in [0.2, 0.25) is 0 Å². The van der Waals surface area contributed by atoms with Crippen LogP contribution in [0.4, 0.5) is 13.2 Å². The molecule has 0 aliphatic carbocycles. The predicted molar refractivity (Wildman–Crippen MR) is 50.2 cm³/mol. The van der Waals surface area contributed by atoms with Gasteiger partial charge in [0, 0.05) is 0 Å². The minimum Gasteiger partial charge on any atom is -0.466 e. The van der Waals surface area contributed by atoms with Crippen LogP contribution in [0.3, 0.4) is 0 Å². The maximum atomic E-state index is 12.5. The standard InChI is InChI=1S/C10H17F3O2/c1-5-15-9(14)8(6(2)3)7(4)10(11,12)13/h6-8H,5H2,1-4H3. The highest BCUT2D eigenvalue weighted by atomic mass is 19.4. The molecule has 0 amide bonds. The van der Waals surface area contributed by atoms with E-state index < -0.39 is 24.0 Å². The van der Waals surface area contributed by atoms with E-state index in [1.807, 2.05) is 0 Å². The van der Waals surface area contributed by atoms with E-state index >= 15 is 0 Å². The molecule has 5 heteroatoms. The highest BCUT2D eigenvalue weighted by Gasteiger charge is 2.45. The lowest BCUT2D eigenvalue weighted by molar-refractivity contribution is -0.198. The lowest BCUT2D eigenvalue weighted by Crippen LogP contribution is -2.37. The van der Waals surface area contributed by atoms with Gasteiger partial charge in [0.2, 0.25) is 0 Å². The van der Waals surface area contributed by atoms with E-state index in [1.165, 1.54) is 0 Å². The molecule has 2 unspecified atom stereocenters. The maximum absolute atomic E-state index is 12.5. The van der Waals surface area contributed by atoms with Crippen molar-refractivity contribution in [1.82, 2.24) is 0 Å². The second kappa shape index (κ2) is 5.37. The van der Waals surface area contributed by atoms with Gasteiger partial charge in [0.05, 0.1) is 18.4 Å². The summed E-state index contributed by atoms with van der Waals surface area (Å²) in [5.41, 5.74) is 0. The van der Waals surface area contributed by atoms with Gasteiger partial charge >= 0.3 is 12.1 Å². The molecule has 0 heterocycles. The third-order valence-corrected chi connectivity index (χ3v) is 2.33. The number of hydrogen-bond donors (Lipinski definition) is 0. The van der Waals surface area contributed by atoms with Crippen LogP contribution < -0.4 is 0 Å². The van der Waals surface area contributed by atoms with Gasteiger partial charge in [0.1, 0.15) is 0 Å². The van der Waals surface area contributed by atoms with Gasteiger partial charge in [-0.1, -0.05) is 20.8 Å². The number of alkyl halides is 3. The van der Waals surface area contributed by atoms with Gasteiger partial charge in [-0.3, -0.25) is 4.79 Å². The Hall–Kier alpha value is -0.740. The Kier molecular flexibility index (Phi) is 5.11. The first kappa shape index (κ1) is 14.3. The lowest BCUT2D eigenvalue weighted by atomic mass is 9.84. The van der Waals surface area contributed by atoms with Crippen LogP contribution in [-0.2, 0) is 9.53 Å². The molecule has 15 heavy (non-hydrogen) atoms. The molecule has 0 saturated heterocycles. The summed E-state index contributed by atoms with van der Waals surface area (Å²) in [6.07, 6.45) is -4.36. The summed E-state index contributed by atoms with van der Waals surface area (Å²) in [6, 6.07) is 0. The Balaban J connectivity index is 4.74. The van der Waals surface area contributed by atoms with E-state index in [4.69, 9.17) is 0 Å². The van der Waals surface area contributed by atoms with Crippen LogP contribution in [0.1, 0.15) is 27.7 Å². The van der Waals surface area contributed by atoms with Gasteiger partial charge < -0.3 is 4.74 Å². The summed E-state index contributed by atoms with van der Waals surface area (Å²) in [5, 5.41) is 0. The molecule has 0 bridgehead atoms. The number of carbonyl (C=O) groups is 1. The van der Waals surface area contributed by atoms with Gasteiger partial charge in [-0.25, -0.2) is 0 Å². The summed E-state index contributed by atoms with van der Waals surface area (Å²) in [6.45, 7) is 5.87. The monoisotopic (exact) mass is 226 g/mol. The van der Waals surface area contributed by atoms with Crippen LogP contribution in [-0.4, -0.2) is 18.8 Å². The molecule has 2 nitrogen and oxygen atoms in total. The molecule has 2 atom stereocenters.